The van der Waals surface area contributed by atoms with Crippen LogP contribution in [0.1, 0.15) is 35.0 Å². The Kier molecular flexibility index (Phi) is 4.97. The van der Waals surface area contributed by atoms with E-state index in [1.807, 2.05) is 19.1 Å². The molecule has 148 valence electrons. The van der Waals surface area contributed by atoms with E-state index in [0.29, 0.717) is 12.5 Å². The van der Waals surface area contributed by atoms with Gasteiger partial charge in [-0.3, -0.25) is 9.98 Å². The Morgan fingerprint density at radius 2 is 2.14 bits per heavy atom. The van der Waals surface area contributed by atoms with E-state index in [9.17, 15) is 13.2 Å². The molecular formula is C20H20F3N3O2. The summed E-state index contributed by atoms with van der Waals surface area (Å²) in [7, 11) is 0. The number of halogens is 3. The maximum atomic E-state index is 13.0. The topological polar surface area (TPSA) is 55.7 Å². The third-order valence-corrected chi connectivity index (χ3v) is 4.88. The molecular weight excluding hydrogens is 371 g/mol. The Labute approximate surface area is 160 Å². The number of anilines is 1. The van der Waals surface area contributed by atoms with Gasteiger partial charge in [-0.25, -0.2) is 0 Å². The molecule has 0 amide bonds. The van der Waals surface area contributed by atoms with Crippen LogP contribution in [0.3, 0.4) is 0 Å². The van der Waals surface area contributed by atoms with Gasteiger partial charge in [-0.2, -0.15) is 13.2 Å². The van der Waals surface area contributed by atoms with Gasteiger partial charge in [0.05, 0.1) is 24.5 Å². The molecule has 8 heteroatoms. The summed E-state index contributed by atoms with van der Waals surface area (Å²) < 4.78 is 50.1. The minimum atomic E-state index is -4.42. The summed E-state index contributed by atoms with van der Waals surface area (Å²) in [4.78, 5) is 8.40. The van der Waals surface area contributed by atoms with Crippen molar-refractivity contribution >= 4 is 11.9 Å². The van der Waals surface area contributed by atoms with E-state index in [0.717, 1.165) is 60.5 Å². The second-order valence-corrected chi connectivity index (χ2v) is 7.04. The van der Waals surface area contributed by atoms with Crippen molar-refractivity contribution in [1.29, 1.82) is 0 Å². The van der Waals surface area contributed by atoms with E-state index in [4.69, 9.17) is 9.47 Å². The largest absolute Gasteiger partial charge is 0.493 e. The number of hydrogen-bond acceptors (Lipinski definition) is 5. The fourth-order valence-corrected chi connectivity index (χ4v) is 3.34. The lowest BCUT2D eigenvalue weighted by Gasteiger charge is -2.24. The quantitative estimate of drug-likeness (QED) is 0.841. The number of aliphatic imine (C=N–C) groups is 1. The van der Waals surface area contributed by atoms with E-state index in [1.54, 1.807) is 6.21 Å². The molecule has 3 heterocycles. The zero-order valence-electron chi connectivity index (χ0n) is 15.3. The average Bonchev–Trinajstić information content (AvgIpc) is 3.19. The molecule has 1 N–H and O–H groups in total. The van der Waals surface area contributed by atoms with Crippen LogP contribution in [0.15, 0.2) is 35.5 Å². The van der Waals surface area contributed by atoms with Crippen LogP contribution in [0.5, 0.6) is 5.75 Å². The molecule has 1 saturated heterocycles. The molecule has 2 unspecified atom stereocenters. The number of benzene rings is 1. The molecule has 0 spiro atoms. The molecule has 2 aliphatic heterocycles. The highest BCUT2D eigenvalue weighted by Gasteiger charge is 2.31. The number of aryl methyl sites for hydroxylation is 1. The molecule has 1 fully saturated rings. The lowest BCUT2D eigenvalue weighted by Crippen LogP contribution is -2.18. The number of fused-ring (bicyclic) bond motifs is 1. The second-order valence-electron chi connectivity index (χ2n) is 7.04. The van der Waals surface area contributed by atoms with Crippen LogP contribution >= 0.6 is 0 Å². The average molecular weight is 391 g/mol. The smallest absolute Gasteiger partial charge is 0.416 e. The summed E-state index contributed by atoms with van der Waals surface area (Å²) in [6, 6.07) is 5.77. The minimum Gasteiger partial charge on any atom is -0.493 e. The number of rotatable bonds is 4. The van der Waals surface area contributed by atoms with Gasteiger partial charge >= 0.3 is 6.18 Å². The van der Waals surface area contributed by atoms with Gasteiger partial charge in [0.1, 0.15) is 5.75 Å². The van der Waals surface area contributed by atoms with Gasteiger partial charge in [0, 0.05) is 36.2 Å². The Balaban J connectivity index is 1.52. The maximum Gasteiger partial charge on any atom is 0.416 e. The van der Waals surface area contributed by atoms with Gasteiger partial charge in [0.2, 0.25) is 0 Å². The zero-order valence-corrected chi connectivity index (χ0v) is 15.3. The van der Waals surface area contributed by atoms with Crippen LogP contribution in [-0.4, -0.2) is 31.0 Å². The highest BCUT2D eigenvalue weighted by molar-refractivity contribution is 5.91. The number of nitrogens with zero attached hydrogens (tertiary/aromatic N) is 2. The number of aromatic nitrogens is 1. The number of pyridine rings is 1. The SMILES string of the molecule is Cc1cc(OCC2CCOC2)cc2c1NC(c1cc(C(F)(F)F)ccn1)N=C2. The van der Waals surface area contributed by atoms with E-state index >= 15 is 0 Å². The Morgan fingerprint density at radius 3 is 2.89 bits per heavy atom. The third kappa shape index (κ3) is 3.96. The van der Waals surface area contributed by atoms with Crippen molar-refractivity contribution in [2.24, 2.45) is 10.9 Å². The normalized spacial score (nSPS) is 21.3. The third-order valence-electron chi connectivity index (χ3n) is 4.88. The first-order valence-electron chi connectivity index (χ1n) is 9.08. The molecule has 0 bridgehead atoms. The van der Waals surface area contributed by atoms with Crippen molar-refractivity contribution in [3.8, 4) is 5.75 Å². The van der Waals surface area contributed by atoms with Crippen LogP contribution in [0, 0.1) is 12.8 Å². The molecule has 5 nitrogen and oxygen atoms in total. The van der Waals surface area contributed by atoms with Gasteiger partial charge in [0.15, 0.2) is 6.17 Å². The molecule has 2 aliphatic rings. The van der Waals surface area contributed by atoms with Crippen molar-refractivity contribution in [2.75, 3.05) is 25.1 Å². The minimum absolute atomic E-state index is 0.220. The molecule has 0 radical (unpaired) electrons. The van der Waals surface area contributed by atoms with Crippen LogP contribution < -0.4 is 10.1 Å². The van der Waals surface area contributed by atoms with E-state index in [2.05, 4.69) is 15.3 Å². The zero-order chi connectivity index (χ0) is 19.7. The molecule has 4 rings (SSSR count). The fourth-order valence-electron chi connectivity index (χ4n) is 3.34. The predicted octanol–water partition coefficient (Wildman–Crippen LogP) is 4.37. The number of ether oxygens (including phenoxy) is 2. The fraction of sp³-hybridized carbons (Fsp3) is 0.400. The highest BCUT2D eigenvalue weighted by Crippen LogP contribution is 2.35. The summed E-state index contributed by atoms with van der Waals surface area (Å²) >= 11 is 0. The molecule has 28 heavy (non-hydrogen) atoms. The Hall–Kier alpha value is -2.61. The summed E-state index contributed by atoms with van der Waals surface area (Å²) in [5, 5.41) is 3.18. The van der Waals surface area contributed by atoms with Crippen LogP contribution in [0.25, 0.3) is 0 Å². The predicted molar refractivity (Wildman–Crippen MR) is 98.8 cm³/mol. The van der Waals surface area contributed by atoms with Crippen molar-refractivity contribution in [3.05, 3.63) is 52.8 Å². The molecule has 0 aliphatic carbocycles. The number of nitrogens with one attached hydrogen (secondary N) is 1. The molecule has 0 saturated carbocycles. The number of hydrogen-bond donors (Lipinski definition) is 1. The van der Waals surface area contributed by atoms with Crippen molar-refractivity contribution in [1.82, 2.24) is 4.98 Å². The summed E-state index contributed by atoms with van der Waals surface area (Å²) in [5.74, 6) is 1.14. The summed E-state index contributed by atoms with van der Waals surface area (Å²) in [5.41, 5.74) is 2.06. The van der Waals surface area contributed by atoms with Gasteiger partial charge in [-0.1, -0.05) is 0 Å². The van der Waals surface area contributed by atoms with Crippen LogP contribution in [0.2, 0.25) is 0 Å². The van der Waals surface area contributed by atoms with Crippen LogP contribution in [0.4, 0.5) is 18.9 Å². The Bertz CT molecular complexity index is 893. The molecule has 1 aromatic carbocycles. The van der Waals surface area contributed by atoms with E-state index < -0.39 is 17.9 Å². The lowest BCUT2D eigenvalue weighted by molar-refractivity contribution is -0.137. The van der Waals surface area contributed by atoms with E-state index in [1.165, 1.54) is 0 Å². The highest BCUT2D eigenvalue weighted by atomic mass is 19.4. The molecule has 1 aromatic heterocycles. The van der Waals surface area contributed by atoms with Gasteiger partial charge in [-0.05, 0) is 43.2 Å². The van der Waals surface area contributed by atoms with Crippen molar-refractivity contribution in [3.63, 3.8) is 0 Å². The van der Waals surface area contributed by atoms with Gasteiger partial charge in [0.25, 0.3) is 0 Å². The van der Waals surface area contributed by atoms with Crippen LogP contribution in [-0.2, 0) is 10.9 Å². The summed E-state index contributed by atoms with van der Waals surface area (Å²) in [6.07, 6.45) is -1.28. The molecule has 2 atom stereocenters. The first-order chi connectivity index (χ1) is 13.4. The first-order valence-corrected chi connectivity index (χ1v) is 9.08. The monoisotopic (exact) mass is 391 g/mol. The second kappa shape index (κ2) is 7.43. The first kappa shape index (κ1) is 18.7. The molecule has 2 aromatic rings. The lowest BCUT2D eigenvalue weighted by atomic mass is 10.0. The van der Waals surface area contributed by atoms with Crippen molar-refractivity contribution in [2.45, 2.75) is 25.7 Å². The Morgan fingerprint density at radius 1 is 1.29 bits per heavy atom. The van der Waals surface area contributed by atoms with E-state index in [-0.39, 0.29) is 5.69 Å². The summed E-state index contributed by atoms with van der Waals surface area (Å²) in [6.45, 7) is 4.02. The number of alkyl halides is 3. The van der Waals surface area contributed by atoms with Gasteiger partial charge < -0.3 is 14.8 Å². The van der Waals surface area contributed by atoms with Gasteiger partial charge in [-0.15, -0.1) is 0 Å². The van der Waals surface area contributed by atoms with Crippen molar-refractivity contribution < 1.29 is 22.6 Å². The standard InChI is InChI=1S/C20H20F3N3O2/c1-12-6-16(28-11-13-3-5-27-10-13)7-14-9-25-19(26-18(12)14)17-8-15(2-4-24-17)20(21,22)23/h2,4,6-9,13,19,26H,3,5,10-11H2,1H3. The maximum absolute atomic E-state index is 13.0.